The van der Waals surface area contributed by atoms with Crippen LogP contribution in [0, 0.1) is 11.6 Å². The average Bonchev–Trinajstić information content (AvgIpc) is 3.41. The lowest BCUT2D eigenvalue weighted by Gasteiger charge is -2.39. The zero-order chi connectivity index (χ0) is 24.0. The molecule has 1 fully saturated rings. The van der Waals surface area contributed by atoms with Gasteiger partial charge in [-0.25, -0.2) is 21.6 Å². The van der Waals surface area contributed by atoms with E-state index in [4.69, 9.17) is 10.5 Å². The topological polar surface area (TPSA) is 75.9 Å². The van der Waals surface area contributed by atoms with Gasteiger partial charge in [0, 0.05) is 43.8 Å². The smallest absolute Gasteiger partial charge is 0.243 e. The summed E-state index contributed by atoms with van der Waals surface area (Å²) in [5, 5.41) is 0. The van der Waals surface area contributed by atoms with Crippen LogP contribution < -0.4 is 5.73 Å². The van der Waals surface area contributed by atoms with E-state index < -0.39 is 40.5 Å². The minimum absolute atomic E-state index is 0.00627. The van der Waals surface area contributed by atoms with Gasteiger partial charge >= 0.3 is 0 Å². The fourth-order valence-corrected chi connectivity index (χ4v) is 6.48. The molecule has 2 N–H and O–H groups in total. The van der Waals surface area contributed by atoms with E-state index in [1.165, 1.54) is 28.6 Å². The molecular weight excluding hydrogens is 467 g/mol. The molecule has 0 aliphatic carbocycles. The van der Waals surface area contributed by atoms with E-state index >= 15 is 0 Å². The van der Waals surface area contributed by atoms with Crippen LogP contribution in [0.2, 0.25) is 0 Å². The van der Waals surface area contributed by atoms with Crippen LogP contribution >= 0.6 is 0 Å². The van der Waals surface area contributed by atoms with Crippen molar-refractivity contribution in [1.29, 1.82) is 0 Å². The molecule has 0 radical (unpaired) electrons. The molecule has 3 heterocycles. The highest BCUT2D eigenvalue weighted by atomic mass is 32.2. The number of halogens is 3. The van der Waals surface area contributed by atoms with Crippen molar-refractivity contribution in [3.8, 4) is 0 Å². The second-order valence-corrected chi connectivity index (χ2v) is 11.1. The number of hydrogen-bond donors (Lipinski definition) is 1. The molecule has 0 spiro atoms. The molecular formula is C24H26F3N3O3S. The highest BCUT2D eigenvalue weighted by Gasteiger charge is 2.41. The second kappa shape index (κ2) is 9.09. The predicted octanol–water partition coefficient (Wildman–Crippen LogP) is 2.91. The third-order valence-corrected chi connectivity index (χ3v) is 8.73. The summed E-state index contributed by atoms with van der Waals surface area (Å²) in [4.78, 5) is 2.37. The first-order valence-electron chi connectivity index (χ1n) is 11.2. The van der Waals surface area contributed by atoms with Gasteiger partial charge in [-0.15, -0.1) is 0 Å². The van der Waals surface area contributed by atoms with E-state index in [9.17, 15) is 21.6 Å². The van der Waals surface area contributed by atoms with E-state index in [1.54, 1.807) is 0 Å². The summed E-state index contributed by atoms with van der Waals surface area (Å²) in [5.41, 5.74) is 9.00. The Bertz CT molecular complexity index is 1200. The molecule has 10 heteroatoms. The maximum Gasteiger partial charge on any atom is 0.243 e. The number of hydrogen-bond acceptors (Lipinski definition) is 5. The fraction of sp³-hybridized carbons (Fsp3) is 0.417. The summed E-state index contributed by atoms with van der Waals surface area (Å²) in [6, 6.07) is 8.65. The summed E-state index contributed by atoms with van der Waals surface area (Å²) >= 11 is 0. The maximum atomic E-state index is 14.2. The molecule has 3 atom stereocenters. The van der Waals surface area contributed by atoms with E-state index in [1.807, 2.05) is 0 Å². The zero-order valence-electron chi connectivity index (χ0n) is 18.5. The van der Waals surface area contributed by atoms with Gasteiger partial charge in [-0.3, -0.25) is 4.90 Å². The second-order valence-electron chi connectivity index (χ2n) is 9.14. The van der Waals surface area contributed by atoms with E-state index in [0.717, 1.165) is 29.3 Å². The predicted molar refractivity (Wildman–Crippen MR) is 120 cm³/mol. The van der Waals surface area contributed by atoms with Crippen molar-refractivity contribution in [2.24, 2.45) is 5.73 Å². The van der Waals surface area contributed by atoms with Crippen LogP contribution in [0.5, 0.6) is 0 Å². The number of nitrogens with two attached hydrogens (primary N) is 1. The monoisotopic (exact) mass is 493 g/mol. The molecule has 0 amide bonds. The number of alkyl halides is 1. The highest BCUT2D eigenvalue weighted by molar-refractivity contribution is 7.89. The van der Waals surface area contributed by atoms with Crippen molar-refractivity contribution in [2.75, 3.05) is 32.8 Å². The van der Waals surface area contributed by atoms with Crippen LogP contribution in [-0.4, -0.2) is 62.5 Å². The van der Waals surface area contributed by atoms with Crippen molar-refractivity contribution >= 4 is 10.0 Å². The Morgan fingerprint density at radius 2 is 1.68 bits per heavy atom. The molecule has 182 valence electrons. The highest BCUT2D eigenvalue weighted by Crippen LogP contribution is 2.35. The van der Waals surface area contributed by atoms with Crippen LogP contribution in [0.4, 0.5) is 13.2 Å². The summed E-state index contributed by atoms with van der Waals surface area (Å²) in [6.45, 7) is 1.55. The van der Waals surface area contributed by atoms with E-state index in [0.29, 0.717) is 44.8 Å². The van der Waals surface area contributed by atoms with Gasteiger partial charge in [-0.05, 0) is 53.5 Å². The zero-order valence-corrected chi connectivity index (χ0v) is 19.3. The number of benzene rings is 2. The first kappa shape index (κ1) is 23.5. The van der Waals surface area contributed by atoms with Crippen molar-refractivity contribution in [2.45, 2.75) is 36.2 Å². The van der Waals surface area contributed by atoms with Gasteiger partial charge < -0.3 is 10.5 Å². The van der Waals surface area contributed by atoms with Crippen molar-refractivity contribution < 1.29 is 26.3 Å². The van der Waals surface area contributed by atoms with Gasteiger partial charge in [0.05, 0.1) is 11.5 Å². The van der Waals surface area contributed by atoms with Crippen LogP contribution in [-0.2, 0) is 21.4 Å². The molecule has 6 nitrogen and oxygen atoms in total. The molecule has 5 rings (SSSR count). The fourth-order valence-electron chi connectivity index (χ4n) is 5.05. The number of nitrogens with zero attached hydrogens (tertiary/aromatic N) is 2. The minimum atomic E-state index is -3.66. The van der Waals surface area contributed by atoms with E-state index in [-0.39, 0.29) is 16.5 Å². The number of rotatable bonds is 5. The Morgan fingerprint density at radius 3 is 2.29 bits per heavy atom. The first-order valence-corrected chi connectivity index (χ1v) is 12.6. The molecule has 2 aromatic carbocycles. The normalized spacial score (nSPS) is 26.3. The van der Waals surface area contributed by atoms with Crippen LogP contribution in [0.25, 0.3) is 0 Å². The Balaban J connectivity index is 1.20. The van der Waals surface area contributed by atoms with Gasteiger partial charge in [0.15, 0.2) is 0 Å². The molecule has 1 saturated heterocycles. The number of sulfonamides is 1. The number of ether oxygens (including phenoxy) is 1. The average molecular weight is 494 g/mol. The van der Waals surface area contributed by atoms with E-state index in [2.05, 4.69) is 4.90 Å². The maximum absolute atomic E-state index is 14.2. The molecule has 3 aliphatic heterocycles. The lowest BCUT2D eigenvalue weighted by Crippen LogP contribution is -2.49. The Kier molecular flexibility index (Phi) is 6.28. The molecule has 2 aromatic rings. The van der Waals surface area contributed by atoms with Gasteiger partial charge in [-0.2, -0.15) is 4.31 Å². The molecule has 0 unspecified atom stereocenters. The molecule has 0 aromatic heterocycles. The quantitative estimate of drug-likeness (QED) is 0.649. The third-order valence-electron chi connectivity index (χ3n) is 6.92. The Morgan fingerprint density at radius 1 is 1.00 bits per heavy atom. The molecule has 34 heavy (non-hydrogen) atoms. The lowest BCUT2D eigenvalue weighted by molar-refractivity contribution is -0.0467. The minimum Gasteiger partial charge on any atom is -0.370 e. The van der Waals surface area contributed by atoms with Gasteiger partial charge in [0.2, 0.25) is 10.0 Å². The summed E-state index contributed by atoms with van der Waals surface area (Å²) in [5.74, 6) is -1.07. The molecule has 0 bridgehead atoms. The first-order chi connectivity index (χ1) is 16.3. The lowest BCUT2D eigenvalue weighted by atomic mass is 9.93. The van der Waals surface area contributed by atoms with Crippen molar-refractivity contribution in [3.05, 3.63) is 76.4 Å². The van der Waals surface area contributed by atoms with Crippen molar-refractivity contribution in [1.82, 2.24) is 9.21 Å². The summed E-state index contributed by atoms with van der Waals surface area (Å²) in [6.07, 6.45) is -0.150. The standard InChI is InChI=1S/C24H26F3N3O3S/c25-9-15-1-4-20(5-2-15)34(31,32)30-12-16-10-29(11-17(16)13-30)19-8-23(28)24(33-14-19)21-7-18(26)3-6-22(21)27/h1-7,19,23-24H,8-14,28H2/t19-,23+,24-/m1/s1. The molecule has 0 saturated carbocycles. The van der Waals surface area contributed by atoms with Gasteiger partial charge in [0.25, 0.3) is 0 Å². The van der Waals surface area contributed by atoms with Crippen LogP contribution in [0.15, 0.2) is 58.5 Å². The van der Waals surface area contributed by atoms with Crippen molar-refractivity contribution in [3.63, 3.8) is 0 Å². The third kappa shape index (κ3) is 4.29. The van der Waals surface area contributed by atoms with Crippen LogP contribution in [0.1, 0.15) is 23.7 Å². The Hall–Kier alpha value is -2.24. The SMILES string of the molecule is N[C@H]1C[C@@H](N2CC3=C(C2)CN(S(=O)(=O)c2ccc(CF)cc2)C3)CO[C@@H]1c1cc(F)ccc1F. The molecule has 3 aliphatic rings. The summed E-state index contributed by atoms with van der Waals surface area (Å²) < 4.78 is 73.9. The van der Waals surface area contributed by atoms with Crippen LogP contribution in [0.3, 0.4) is 0 Å². The van der Waals surface area contributed by atoms with Gasteiger partial charge in [-0.1, -0.05) is 12.1 Å². The Labute approximate surface area is 196 Å². The summed E-state index contributed by atoms with van der Waals surface area (Å²) in [7, 11) is -3.66. The largest absolute Gasteiger partial charge is 0.370 e. The van der Waals surface area contributed by atoms with Gasteiger partial charge in [0.1, 0.15) is 24.4 Å².